The molecule has 22 heavy (non-hydrogen) atoms. The van der Waals surface area contributed by atoms with E-state index in [9.17, 15) is 8.42 Å². The van der Waals surface area contributed by atoms with Crippen molar-refractivity contribution in [3.63, 3.8) is 0 Å². The summed E-state index contributed by atoms with van der Waals surface area (Å²) in [5, 5.41) is 0. The van der Waals surface area contributed by atoms with Crippen LogP contribution in [0.1, 0.15) is 5.56 Å². The Morgan fingerprint density at radius 1 is 1.05 bits per heavy atom. The van der Waals surface area contributed by atoms with Crippen LogP contribution in [0.2, 0.25) is 0 Å². The molecule has 0 aliphatic carbocycles. The second-order valence-electron chi connectivity index (χ2n) is 5.94. The molecule has 2 aliphatic heterocycles. The van der Waals surface area contributed by atoms with Crippen LogP contribution in [0.4, 0.5) is 0 Å². The summed E-state index contributed by atoms with van der Waals surface area (Å²) in [5.41, 5.74) is 1.22. The maximum atomic E-state index is 11.2. The van der Waals surface area contributed by atoms with Gasteiger partial charge >= 0.3 is 0 Å². The van der Waals surface area contributed by atoms with E-state index in [0.717, 1.165) is 44.2 Å². The molecule has 6 nitrogen and oxygen atoms in total. The van der Waals surface area contributed by atoms with Gasteiger partial charge in [0.15, 0.2) is 11.5 Å². The topological polar surface area (TPSA) is 59.1 Å². The van der Waals surface area contributed by atoms with Gasteiger partial charge in [-0.05, 0) is 17.7 Å². The lowest BCUT2D eigenvalue weighted by Gasteiger charge is -2.34. The molecule has 0 spiro atoms. The highest BCUT2D eigenvalue weighted by Gasteiger charge is 2.19. The molecule has 0 aromatic heterocycles. The highest BCUT2D eigenvalue weighted by atomic mass is 32.2. The highest BCUT2D eigenvalue weighted by molar-refractivity contribution is 7.90. The standard InChI is InChI=1S/C15H22N2O4S/c1-22(18,19)9-8-16-4-6-17(7-5-16)11-13-2-3-14-15(10-13)21-12-20-14/h2-3,10H,4-9,11-12H2,1H3. The first-order chi connectivity index (χ1) is 10.5. The van der Waals surface area contributed by atoms with Crippen molar-refractivity contribution < 1.29 is 17.9 Å². The van der Waals surface area contributed by atoms with Crippen LogP contribution in [0, 0.1) is 0 Å². The number of piperazine rings is 1. The van der Waals surface area contributed by atoms with Crippen molar-refractivity contribution in [3.8, 4) is 11.5 Å². The predicted molar refractivity (Wildman–Crippen MR) is 84.0 cm³/mol. The number of ether oxygens (including phenoxy) is 2. The third-order valence-corrected chi connectivity index (χ3v) is 5.01. The van der Waals surface area contributed by atoms with E-state index in [1.165, 1.54) is 11.8 Å². The Morgan fingerprint density at radius 2 is 1.73 bits per heavy atom. The second kappa shape index (κ2) is 6.44. The van der Waals surface area contributed by atoms with Crippen molar-refractivity contribution in [3.05, 3.63) is 23.8 Å². The molecule has 0 atom stereocenters. The van der Waals surface area contributed by atoms with Crippen LogP contribution in [0.5, 0.6) is 11.5 Å². The Kier molecular flexibility index (Phi) is 4.56. The molecule has 0 amide bonds. The summed E-state index contributed by atoms with van der Waals surface area (Å²) >= 11 is 0. The molecule has 1 fully saturated rings. The first-order valence-electron chi connectivity index (χ1n) is 7.50. The lowest BCUT2D eigenvalue weighted by molar-refractivity contribution is 0.132. The Labute approximate surface area is 131 Å². The number of benzene rings is 1. The molecule has 0 radical (unpaired) electrons. The Morgan fingerprint density at radius 3 is 2.45 bits per heavy atom. The van der Waals surface area contributed by atoms with E-state index in [-0.39, 0.29) is 5.75 Å². The molecule has 122 valence electrons. The minimum absolute atomic E-state index is 0.245. The summed E-state index contributed by atoms with van der Waals surface area (Å²) in [5.74, 6) is 1.88. The first-order valence-corrected chi connectivity index (χ1v) is 9.57. The Hall–Kier alpha value is -1.31. The van der Waals surface area contributed by atoms with E-state index >= 15 is 0 Å². The molecule has 1 aromatic carbocycles. The van der Waals surface area contributed by atoms with Crippen molar-refractivity contribution in [1.82, 2.24) is 9.80 Å². The van der Waals surface area contributed by atoms with Crippen molar-refractivity contribution in [2.75, 3.05) is 51.5 Å². The summed E-state index contributed by atoms with van der Waals surface area (Å²) < 4.78 is 33.2. The maximum absolute atomic E-state index is 11.2. The van der Waals surface area contributed by atoms with Crippen LogP contribution in [0.25, 0.3) is 0 Å². The van der Waals surface area contributed by atoms with Crippen LogP contribution >= 0.6 is 0 Å². The normalized spacial score (nSPS) is 19.5. The van der Waals surface area contributed by atoms with Gasteiger partial charge in [0.25, 0.3) is 0 Å². The number of rotatable bonds is 5. The van der Waals surface area contributed by atoms with Gasteiger partial charge < -0.3 is 9.47 Å². The number of nitrogens with zero attached hydrogens (tertiary/aromatic N) is 2. The van der Waals surface area contributed by atoms with Gasteiger partial charge in [-0.25, -0.2) is 8.42 Å². The molecule has 1 aromatic rings. The van der Waals surface area contributed by atoms with E-state index in [1.807, 2.05) is 12.1 Å². The molecule has 0 unspecified atom stereocenters. The summed E-state index contributed by atoms with van der Waals surface area (Å²) in [6.45, 7) is 5.57. The molecule has 2 heterocycles. The molecule has 3 rings (SSSR count). The minimum atomic E-state index is -2.87. The molecule has 7 heteroatoms. The van der Waals surface area contributed by atoms with Gasteiger partial charge in [0, 0.05) is 45.5 Å². The fraction of sp³-hybridized carbons (Fsp3) is 0.600. The SMILES string of the molecule is CS(=O)(=O)CCN1CCN(Cc2ccc3c(c2)OCO3)CC1. The number of fused-ring (bicyclic) bond motifs is 1. The van der Waals surface area contributed by atoms with Gasteiger partial charge in [0.2, 0.25) is 6.79 Å². The Balaban J connectivity index is 1.48. The second-order valence-corrected chi connectivity index (χ2v) is 8.20. The number of sulfone groups is 1. The molecular weight excluding hydrogens is 304 g/mol. The van der Waals surface area contributed by atoms with Gasteiger partial charge in [-0.2, -0.15) is 0 Å². The molecule has 0 N–H and O–H groups in total. The van der Waals surface area contributed by atoms with E-state index in [1.54, 1.807) is 0 Å². The summed E-state index contributed by atoms with van der Waals surface area (Å²) in [4.78, 5) is 4.60. The molecule has 1 saturated heterocycles. The summed E-state index contributed by atoms with van der Waals surface area (Å²) in [6.07, 6.45) is 1.29. The van der Waals surface area contributed by atoms with Crippen LogP contribution < -0.4 is 9.47 Å². The van der Waals surface area contributed by atoms with Crippen molar-refractivity contribution in [2.45, 2.75) is 6.54 Å². The molecule has 0 bridgehead atoms. The smallest absolute Gasteiger partial charge is 0.231 e. The fourth-order valence-electron chi connectivity index (χ4n) is 2.76. The average Bonchev–Trinajstić information content (AvgIpc) is 2.93. The average molecular weight is 326 g/mol. The van der Waals surface area contributed by atoms with Crippen LogP contribution in [0.15, 0.2) is 18.2 Å². The van der Waals surface area contributed by atoms with Crippen molar-refractivity contribution in [2.24, 2.45) is 0 Å². The summed E-state index contributed by atoms with van der Waals surface area (Å²) in [7, 11) is -2.87. The van der Waals surface area contributed by atoms with E-state index < -0.39 is 9.84 Å². The number of hydrogen-bond acceptors (Lipinski definition) is 6. The lowest BCUT2D eigenvalue weighted by atomic mass is 10.1. The van der Waals surface area contributed by atoms with E-state index in [0.29, 0.717) is 13.3 Å². The predicted octanol–water partition coefficient (Wildman–Crippen LogP) is 0.578. The third kappa shape index (κ3) is 4.12. The maximum Gasteiger partial charge on any atom is 0.231 e. The van der Waals surface area contributed by atoms with Crippen molar-refractivity contribution in [1.29, 1.82) is 0 Å². The monoisotopic (exact) mass is 326 g/mol. The first kappa shape index (κ1) is 15.6. The largest absolute Gasteiger partial charge is 0.454 e. The van der Waals surface area contributed by atoms with E-state index in [2.05, 4.69) is 15.9 Å². The van der Waals surface area contributed by atoms with Gasteiger partial charge in [0.05, 0.1) is 5.75 Å². The summed E-state index contributed by atoms with van der Waals surface area (Å²) in [6, 6.07) is 6.07. The minimum Gasteiger partial charge on any atom is -0.454 e. The fourth-order valence-corrected chi connectivity index (χ4v) is 3.35. The van der Waals surface area contributed by atoms with E-state index in [4.69, 9.17) is 9.47 Å². The third-order valence-electron chi connectivity index (χ3n) is 4.09. The lowest BCUT2D eigenvalue weighted by Crippen LogP contribution is -2.47. The van der Waals surface area contributed by atoms with Gasteiger partial charge in [-0.15, -0.1) is 0 Å². The van der Waals surface area contributed by atoms with Crippen LogP contribution in [-0.2, 0) is 16.4 Å². The van der Waals surface area contributed by atoms with Gasteiger partial charge in [-0.3, -0.25) is 9.80 Å². The molecule has 0 saturated carbocycles. The Bertz CT molecular complexity index is 624. The highest BCUT2D eigenvalue weighted by Crippen LogP contribution is 2.32. The van der Waals surface area contributed by atoms with Gasteiger partial charge in [0.1, 0.15) is 9.84 Å². The zero-order chi connectivity index (χ0) is 15.6. The van der Waals surface area contributed by atoms with Gasteiger partial charge in [-0.1, -0.05) is 6.07 Å². The molecule has 2 aliphatic rings. The van der Waals surface area contributed by atoms with Crippen molar-refractivity contribution >= 4 is 9.84 Å². The zero-order valence-electron chi connectivity index (χ0n) is 12.8. The molecular formula is C15H22N2O4S. The zero-order valence-corrected chi connectivity index (χ0v) is 13.6. The number of hydrogen-bond donors (Lipinski definition) is 0. The van der Waals surface area contributed by atoms with Crippen LogP contribution in [0.3, 0.4) is 0 Å². The quantitative estimate of drug-likeness (QED) is 0.789. The van der Waals surface area contributed by atoms with Crippen LogP contribution in [-0.4, -0.2) is 69.7 Å².